The molecule has 0 radical (unpaired) electrons. The van der Waals surface area contributed by atoms with Crippen molar-refractivity contribution >= 4 is 17.3 Å². The molecule has 0 aromatic heterocycles. The van der Waals surface area contributed by atoms with Crippen molar-refractivity contribution in [2.24, 2.45) is 5.84 Å². The zero-order valence-electron chi connectivity index (χ0n) is 11.6. The monoisotopic (exact) mass is 282 g/mol. The molecule has 0 bridgehead atoms. The van der Waals surface area contributed by atoms with Gasteiger partial charge in [0.1, 0.15) is 5.56 Å². The van der Waals surface area contributed by atoms with Crippen molar-refractivity contribution in [2.45, 2.75) is 19.4 Å². The molecule has 0 unspecified atom stereocenters. The molecule has 0 aliphatic carbocycles. The molecule has 1 rings (SSSR count). The highest BCUT2D eigenvalue weighted by atomic mass is 16.6. The lowest BCUT2D eigenvalue weighted by Crippen LogP contribution is -2.46. The van der Waals surface area contributed by atoms with E-state index in [9.17, 15) is 14.9 Å². The van der Waals surface area contributed by atoms with Gasteiger partial charge in [0, 0.05) is 18.9 Å². The van der Waals surface area contributed by atoms with Gasteiger partial charge in [-0.15, -0.1) is 0 Å². The van der Waals surface area contributed by atoms with Gasteiger partial charge in [-0.25, -0.2) is 0 Å². The van der Waals surface area contributed by atoms with Gasteiger partial charge in [0.25, 0.3) is 11.6 Å². The second-order valence-electron chi connectivity index (χ2n) is 4.90. The van der Waals surface area contributed by atoms with Crippen molar-refractivity contribution in [3.8, 4) is 0 Å². The standard InChI is InChI=1S/C12H18N4O4/c1-12(2,7-20-3)14-11(17)9-6-8(15-13)4-5-10(9)16(18)19/h4-6,15H,7,13H2,1-3H3,(H,14,17). The number of hydrazine groups is 1. The van der Waals surface area contributed by atoms with Crippen LogP contribution in [0.2, 0.25) is 0 Å². The molecule has 8 heteroatoms. The summed E-state index contributed by atoms with van der Waals surface area (Å²) < 4.78 is 4.99. The number of anilines is 1. The van der Waals surface area contributed by atoms with Crippen molar-refractivity contribution < 1.29 is 14.5 Å². The number of hydrogen-bond donors (Lipinski definition) is 3. The highest BCUT2D eigenvalue weighted by Crippen LogP contribution is 2.23. The summed E-state index contributed by atoms with van der Waals surface area (Å²) in [5.74, 6) is 4.69. The smallest absolute Gasteiger partial charge is 0.282 e. The lowest BCUT2D eigenvalue weighted by molar-refractivity contribution is -0.385. The van der Waals surface area contributed by atoms with Gasteiger partial charge in [0.2, 0.25) is 0 Å². The first-order valence-corrected chi connectivity index (χ1v) is 5.87. The summed E-state index contributed by atoms with van der Waals surface area (Å²) in [4.78, 5) is 22.5. The molecule has 0 saturated carbocycles. The number of hydrogen-bond acceptors (Lipinski definition) is 6. The number of carbonyl (C=O) groups excluding carboxylic acids is 1. The maximum absolute atomic E-state index is 12.2. The second kappa shape index (κ2) is 6.31. The zero-order chi connectivity index (χ0) is 15.3. The van der Waals surface area contributed by atoms with Crippen LogP contribution < -0.4 is 16.6 Å². The minimum absolute atomic E-state index is 0.0605. The van der Waals surface area contributed by atoms with Crippen LogP contribution in [0.15, 0.2) is 18.2 Å². The minimum Gasteiger partial charge on any atom is -0.382 e. The van der Waals surface area contributed by atoms with E-state index in [4.69, 9.17) is 10.6 Å². The first-order chi connectivity index (χ1) is 9.30. The summed E-state index contributed by atoms with van der Waals surface area (Å²) in [5.41, 5.74) is 1.77. The number of nitrogen functional groups attached to an aromatic ring is 1. The van der Waals surface area contributed by atoms with Gasteiger partial charge < -0.3 is 15.5 Å². The molecule has 1 amide bonds. The molecule has 4 N–H and O–H groups in total. The van der Waals surface area contributed by atoms with Crippen LogP contribution in [-0.2, 0) is 4.74 Å². The Labute approximate surface area is 116 Å². The largest absolute Gasteiger partial charge is 0.382 e. The molecule has 8 nitrogen and oxygen atoms in total. The molecule has 1 aromatic rings. The molecule has 0 aliphatic rings. The van der Waals surface area contributed by atoms with E-state index in [1.807, 2.05) is 0 Å². The number of nitro benzene ring substituents is 1. The van der Waals surface area contributed by atoms with Gasteiger partial charge in [-0.05, 0) is 26.0 Å². The van der Waals surface area contributed by atoms with E-state index in [0.717, 1.165) is 0 Å². The Morgan fingerprint density at radius 2 is 2.15 bits per heavy atom. The predicted octanol–water partition coefficient (Wildman–Crippen LogP) is 1.04. The van der Waals surface area contributed by atoms with Crippen molar-refractivity contribution in [1.82, 2.24) is 5.32 Å². The first-order valence-electron chi connectivity index (χ1n) is 5.87. The summed E-state index contributed by atoms with van der Waals surface area (Å²) >= 11 is 0. The van der Waals surface area contributed by atoms with Gasteiger partial charge in [0.05, 0.1) is 17.1 Å². The van der Waals surface area contributed by atoms with Crippen LogP contribution >= 0.6 is 0 Å². The summed E-state index contributed by atoms with van der Waals surface area (Å²) in [6.07, 6.45) is 0. The normalized spacial score (nSPS) is 11.0. The Kier molecular flexibility index (Phi) is 5.00. The topological polar surface area (TPSA) is 120 Å². The summed E-state index contributed by atoms with van der Waals surface area (Å²) in [6.45, 7) is 3.79. The van der Waals surface area contributed by atoms with E-state index in [1.165, 1.54) is 25.3 Å². The van der Waals surface area contributed by atoms with Crippen LogP contribution in [0, 0.1) is 10.1 Å². The molecular weight excluding hydrogens is 264 g/mol. The number of nitrogens with one attached hydrogen (secondary N) is 2. The van der Waals surface area contributed by atoms with E-state index >= 15 is 0 Å². The van der Waals surface area contributed by atoms with E-state index in [2.05, 4.69) is 10.7 Å². The number of benzene rings is 1. The Hall–Kier alpha value is -2.19. The zero-order valence-corrected chi connectivity index (χ0v) is 11.6. The van der Waals surface area contributed by atoms with Crippen LogP contribution in [0.1, 0.15) is 24.2 Å². The van der Waals surface area contributed by atoms with Gasteiger partial charge >= 0.3 is 0 Å². The molecule has 0 heterocycles. The van der Waals surface area contributed by atoms with Gasteiger partial charge in [0.15, 0.2) is 0 Å². The number of rotatable bonds is 6. The van der Waals surface area contributed by atoms with Crippen LogP contribution in [0.4, 0.5) is 11.4 Å². The maximum atomic E-state index is 12.2. The van der Waals surface area contributed by atoms with Crippen LogP contribution in [0.3, 0.4) is 0 Å². The third-order valence-electron chi connectivity index (χ3n) is 2.56. The number of nitrogens with zero attached hydrogens (tertiary/aromatic N) is 1. The quantitative estimate of drug-likeness (QED) is 0.407. The van der Waals surface area contributed by atoms with Crippen molar-refractivity contribution in [3.63, 3.8) is 0 Å². The fourth-order valence-electron chi connectivity index (χ4n) is 1.74. The molecular formula is C12H18N4O4. The average molecular weight is 282 g/mol. The lowest BCUT2D eigenvalue weighted by atomic mass is 10.0. The number of carbonyl (C=O) groups is 1. The van der Waals surface area contributed by atoms with E-state index in [1.54, 1.807) is 13.8 Å². The molecule has 0 aliphatic heterocycles. The van der Waals surface area contributed by atoms with Crippen molar-refractivity contribution in [1.29, 1.82) is 0 Å². The van der Waals surface area contributed by atoms with Crippen LogP contribution in [-0.4, -0.2) is 30.1 Å². The first kappa shape index (κ1) is 15.9. The summed E-state index contributed by atoms with van der Waals surface area (Å²) in [6, 6.07) is 3.99. The predicted molar refractivity (Wildman–Crippen MR) is 74.3 cm³/mol. The fraction of sp³-hybridized carbons (Fsp3) is 0.417. The Bertz CT molecular complexity index is 516. The Balaban J connectivity index is 3.10. The molecule has 0 atom stereocenters. The molecule has 0 spiro atoms. The Morgan fingerprint density at radius 1 is 1.50 bits per heavy atom. The average Bonchev–Trinajstić information content (AvgIpc) is 2.37. The second-order valence-corrected chi connectivity index (χ2v) is 4.90. The third kappa shape index (κ3) is 3.90. The van der Waals surface area contributed by atoms with Gasteiger partial charge in [-0.1, -0.05) is 0 Å². The minimum atomic E-state index is -0.647. The van der Waals surface area contributed by atoms with E-state index < -0.39 is 16.4 Å². The molecule has 0 saturated heterocycles. The number of amides is 1. The molecule has 20 heavy (non-hydrogen) atoms. The molecule has 1 aromatic carbocycles. The van der Waals surface area contributed by atoms with Crippen LogP contribution in [0.25, 0.3) is 0 Å². The lowest BCUT2D eigenvalue weighted by Gasteiger charge is -2.25. The highest BCUT2D eigenvalue weighted by molar-refractivity contribution is 5.99. The number of nitro groups is 1. The van der Waals surface area contributed by atoms with Crippen molar-refractivity contribution in [3.05, 3.63) is 33.9 Å². The number of ether oxygens (including phenoxy) is 1. The van der Waals surface area contributed by atoms with Gasteiger partial charge in [-0.3, -0.25) is 20.8 Å². The molecule has 0 fully saturated rings. The van der Waals surface area contributed by atoms with Crippen molar-refractivity contribution in [2.75, 3.05) is 19.1 Å². The Morgan fingerprint density at radius 3 is 2.65 bits per heavy atom. The number of methoxy groups -OCH3 is 1. The third-order valence-corrected chi connectivity index (χ3v) is 2.56. The number of nitrogens with two attached hydrogens (primary N) is 1. The SMILES string of the molecule is COCC(C)(C)NC(=O)c1cc(NN)ccc1[N+](=O)[O-]. The highest BCUT2D eigenvalue weighted by Gasteiger charge is 2.26. The molecule has 110 valence electrons. The summed E-state index contributed by atoms with van der Waals surface area (Å²) in [5, 5.41) is 13.6. The van der Waals surface area contributed by atoms with E-state index in [-0.39, 0.29) is 17.9 Å². The van der Waals surface area contributed by atoms with E-state index in [0.29, 0.717) is 5.69 Å². The van der Waals surface area contributed by atoms with Gasteiger partial charge in [-0.2, -0.15) is 0 Å². The summed E-state index contributed by atoms with van der Waals surface area (Å²) in [7, 11) is 1.51. The maximum Gasteiger partial charge on any atom is 0.282 e. The van der Waals surface area contributed by atoms with Crippen LogP contribution in [0.5, 0.6) is 0 Å². The fourth-order valence-corrected chi connectivity index (χ4v) is 1.74.